The Kier molecular flexibility index (Phi) is 3.87. The Morgan fingerprint density at radius 3 is 3.11 bits per heavy atom. The molecule has 7 heteroatoms. The zero-order valence-electron chi connectivity index (χ0n) is 11.1. The maximum Gasteiger partial charge on any atom is 0.180 e. The standard InChI is InChI=1S/C12H19N5O2/c1-12(18,3-6-19-2)8-15-10-11-14-4-5-17(11)7-9(13)16-10/h4-5,7,18H,3,6,8,13H2,1-2H3,(H,15,16). The highest BCUT2D eigenvalue weighted by molar-refractivity contribution is 5.64. The van der Waals surface area contributed by atoms with Crippen LogP contribution in [0.5, 0.6) is 0 Å². The number of anilines is 2. The summed E-state index contributed by atoms with van der Waals surface area (Å²) in [6.07, 6.45) is 5.69. The van der Waals surface area contributed by atoms with Gasteiger partial charge in [-0.25, -0.2) is 9.97 Å². The van der Waals surface area contributed by atoms with E-state index in [1.54, 1.807) is 37.0 Å². The number of nitrogen functional groups attached to an aromatic ring is 1. The van der Waals surface area contributed by atoms with Gasteiger partial charge in [0.2, 0.25) is 0 Å². The molecule has 0 aromatic carbocycles. The summed E-state index contributed by atoms with van der Waals surface area (Å²) in [6, 6.07) is 0. The zero-order chi connectivity index (χ0) is 13.9. The predicted molar refractivity (Wildman–Crippen MR) is 73.0 cm³/mol. The summed E-state index contributed by atoms with van der Waals surface area (Å²) in [5.41, 5.74) is 5.52. The fraction of sp³-hybridized carbons (Fsp3) is 0.500. The molecule has 2 aromatic heterocycles. The number of nitrogens with two attached hydrogens (primary N) is 1. The van der Waals surface area contributed by atoms with Gasteiger partial charge in [0, 0.05) is 39.1 Å². The molecule has 2 aromatic rings. The summed E-state index contributed by atoms with van der Waals surface area (Å²) in [7, 11) is 1.61. The van der Waals surface area contributed by atoms with Gasteiger partial charge in [-0.05, 0) is 6.92 Å². The van der Waals surface area contributed by atoms with Crippen molar-refractivity contribution < 1.29 is 9.84 Å². The van der Waals surface area contributed by atoms with Crippen molar-refractivity contribution in [1.82, 2.24) is 14.4 Å². The van der Waals surface area contributed by atoms with E-state index in [-0.39, 0.29) is 0 Å². The van der Waals surface area contributed by atoms with Crippen LogP contribution >= 0.6 is 0 Å². The van der Waals surface area contributed by atoms with Crippen molar-refractivity contribution in [3.63, 3.8) is 0 Å². The predicted octanol–water partition coefficient (Wildman–Crippen LogP) is 0.511. The van der Waals surface area contributed by atoms with Gasteiger partial charge < -0.3 is 25.3 Å². The number of nitrogens with one attached hydrogen (secondary N) is 1. The summed E-state index contributed by atoms with van der Waals surface area (Å²) < 4.78 is 6.75. The van der Waals surface area contributed by atoms with Crippen molar-refractivity contribution >= 4 is 17.3 Å². The molecule has 19 heavy (non-hydrogen) atoms. The van der Waals surface area contributed by atoms with Crippen LogP contribution in [0.1, 0.15) is 13.3 Å². The normalized spacial score (nSPS) is 14.5. The lowest BCUT2D eigenvalue weighted by atomic mass is 10.0. The molecule has 0 saturated heterocycles. The van der Waals surface area contributed by atoms with Crippen LogP contribution in [0, 0.1) is 0 Å². The van der Waals surface area contributed by atoms with Crippen LogP contribution < -0.4 is 11.1 Å². The smallest absolute Gasteiger partial charge is 0.180 e. The minimum absolute atomic E-state index is 0.343. The van der Waals surface area contributed by atoms with E-state index in [1.165, 1.54) is 0 Å². The number of hydrogen-bond acceptors (Lipinski definition) is 6. The largest absolute Gasteiger partial charge is 0.388 e. The molecule has 0 saturated carbocycles. The molecule has 1 atom stereocenters. The first-order valence-electron chi connectivity index (χ1n) is 6.06. The third-order valence-corrected chi connectivity index (χ3v) is 2.87. The molecule has 104 valence electrons. The second-order valence-electron chi connectivity index (χ2n) is 4.77. The first-order chi connectivity index (χ1) is 9.02. The van der Waals surface area contributed by atoms with Crippen molar-refractivity contribution in [1.29, 1.82) is 0 Å². The van der Waals surface area contributed by atoms with E-state index in [0.29, 0.717) is 36.9 Å². The van der Waals surface area contributed by atoms with Gasteiger partial charge in [0.1, 0.15) is 5.82 Å². The average Bonchev–Trinajstić information content (AvgIpc) is 2.81. The van der Waals surface area contributed by atoms with Crippen LogP contribution in [0.25, 0.3) is 5.65 Å². The number of hydrogen-bond donors (Lipinski definition) is 3. The van der Waals surface area contributed by atoms with E-state index in [4.69, 9.17) is 10.5 Å². The summed E-state index contributed by atoms with van der Waals surface area (Å²) >= 11 is 0. The lowest BCUT2D eigenvalue weighted by Gasteiger charge is -2.23. The third kappa shape index (κ3) is 3.33. The van der Waals surface area contributed by atoms with E-state index in [2.05, 4.69) is 15.3 Å². The van der Waals surface area contributed by atoms with E-state index >= 15 is 0 Å². The number of imidazole rings is 1. The molecule has 0 bridgehead atoms. The second-order valence-corrected chi connectivity index (χ2v) is 4.77. The molecule has 2 heterocycles. The fourth-order valence-electron chi connectivity index (χ4n) is 1.75. The molecule has 1 unspecified atom stereocenters. The molecule has 0 aliphatic rings. The molecule has 0 fully saturated rings. The number of fused-ring (bicyclic) bond motifs is 1. The highest BCUT2D eigenvalue weighted by Gasteiger charge is 2.20. The Balaban J connectivity index is 2.11. The van der Waals surface area contributed by atoms with Gasteiger partial charge in [-0.2, -0.15) is 0 Å². The number of aromatic nitrogens is 3. The Morgan fingerprint density at radius 2 is 2.37 bits per heavy atom. The topological polar surface area (TPSA) is 97.7 Å². The fourth-order valence-corrected chi connectivity index (χ4v) is 1.75. The van der Waals surface area contributed by atoms with Crippen LogP contribution in [0.2, 0.25) is 0 Å². The maximum atomic E-state index is 10.2. The van der Waals surface area contributed by atoms with Crippen molar-refractivity contribution in [3.8, 4) is 0 Å². The monoisotopic (exact) mass is 265 g/mol. The van der Waals surface area contributed by atoms with E-state index in [0.717, 1.165) is 0 Å². The van der Waals surface area contributed by atoms with E-state index in [9.17, 15) is 5.11 Å². The number of rotatable bonds is 6. The molecular formula is C12H19N5O2. The zero-order valence-corrected chi connectivity index (χ0v) is 11.1. The van der Waals surface area contributed by atoms with Gasteiger partial charge in [0.05, 0.1) is 11.8 Å². The molecule has 0 spiro atoms. The van der Waals surface area contributed by atoms with E-state index in [1.807, 2.05) is 0 Å². The first kappa shape index (κ1) is 13.6. The van der Waals surface area contributed by atoms with Crippen molar-refractivity contribution in [3.05, 3.63) is 18.6 Å². The third-order valence-electron chi connectivity index (χ3n) is 2.87. The molecule has 2 rings (SSSR count). The van der Waals surface area contributed by atoms with Crippen LogP contribution in [-0.4, -0.2) is 45.3 Å². The highest BCUT2D eigenvalue weighted by Crippen LogP contribution is 2.17. The van der Waals surface area contributed by atoms with Gasteiger partial charge in [0.25, 0.3) is 0 Å². The maximum absolute atomic E-state index is 10.2. The average molecular weight is 265 g/mol. The van der Waals surface area contributed by atoms with Crippen LogP contribution in [0.4, 0.5) is 11.6 Å². The minimum atomic E-state index is -0.883. The summed E-state index contributed by atoms with van der Waals surface area (Å²) in [6.45, 7) is 2.58. The summed E-state index contributed by atoms with van der Waals surface area (Å²) in [5, 5.41) is 13.3. The molecule has 0 aliphatic heterocycles. The van der Waals surface area contributed by atoms with Crippen LogP contribution in [-0.2, 0) is 4.74 Å². The van der Waals surface area contributed by atoms with Gasteiger partial charge in [-0.15, -0.1) is 0 Å². The molecule has 4 N–H and O–H groups in total. The molecule has 7 nitrogen and oxygen atoms in total. The summed E-state index contributed by atoms with van der Waals surface area (Å²) in [5.74, 6) is 0.951. The van der Waals surface area contributed by atoms with Crippen LogP contribution in [0.3, 0.4) is 0 Å². The van der Waals surface area contributed by atoms with Crippen molar-refractivity contribution in [2.75, 3.05) is 31.3 Å². The number of methoxy groups -OCH3 is 1. The second kappa shape index (κ2) is 5.41. The van der Waals surface area contributed by atoms with Gasteiger partial charge in [-0.3, -0.25) is 0 Å². The molecular weight excluding hydrogens is 246 g/mol. The van der Waals surface area contributed by atoms with Gasteiger partial charge in [-0.1, -0.05) is 0 Å². The lowest BCUT2D eigenvalue weighted by Crippen LogP contribution is -2.35. The Hall–Kier alpha value is -1.86. The van der Waals surface area contributed by atoms with Gasteiger partial charge in [0.15, 0.2) is 11.5 Å². The van der Waals surface area contributed by atoms with Crippen molar-refractivity contribution in [2.24, 2.45) is 0 Å². The van der Waals surface area contributed by atoms with E-state index < -0.39 is 5.60 Å². The Morgan fingerprint density at radius 1 is 1.58 bits per heavy atom. The SMILES string of the molecule is COCCC(C)(O)CNc1nc(N)cn2ccnc12. The number of aliphatic hydroxyl groups is 1. The Bertz CT molecular complexity index is 552. The minimum Gasteiger partial charge on any atom is -0.388 e. The molecule has 0 aliphatic carbocycles. The molecule has 0 radical (unpaired) electrons. The molecule has 0 amide bonds. The lowest BCUT2D eigenvalue weighted by molar-refractivity contribution is 0.0357. The Labute approximate surface area is 111 Å². The highest BCUT2D eigenvalue weighted by atomic mass is 16.5. The summed E-state index contributed by atoms with van der Waals surface area (Å²) in [4.78, 5) is 8.40. The van der Waals surface area contributed by atoms with Crippen LogP contribution in [0.15, 0.2) is 18.6 Å². The quantitative estimate of drug-likeness (QED) is 0.704. The number of nitrogens with zero attached hydrogens (tertiary/aromatic N) is 3. The van der Waals surface area contributed by atoms with Crippen molar-refractivity contribution in [2.45, 2.75) is 18.9 Å². The van der Waals surface area contributed by atoms with Gasteiger partial charge >= 0.3 is 0 Å². The number of ether oxygens (including phenoxy) is 1. The first-order valence-corrected chi connectivity index (χ1v) is 6.06.